The first-order valence-electron chi connectivity index (χ1n) is 9.80. The molecule has 0 spiro atoms. The molecule has 1 unspecified atom stereocenters. The number of H-pyrrole nitrogens is 1. The van der Waals surface area contributed by atoms with Gasteiger partial charge in [-0.05, 0) is 25.1 Å². The lowest BCUT2D eigenvalue weighted by atomic mass is 9.83. The van der Waals surface area contributed by atoms with Crippen LogP contribution in [0, 0.1) is 11.7 Å². The van der Waals surface area contributed by atoms with Crippen molar-refractivity contribution >= 4 is 28.5 Å². The van der Waals surface area contributed by atoms with E-state index < -0.39 is 11.4 Å². The number of anilines is 1. The van der Waals surface area contributed by atoms with E-state index in [9.17, 15) is 14.6 Å². The molecule has 1 saturated heterocycles. The number of hydrogen-bond donors (Lipinski definition) is 4. The number of halogens is 2. The van der Waals surface area contributed by atoms with Crippen molar-refractivity contribution in [2.45, 2.75) is 25.5 Å². The van der Waals surface area contributed by atoms with Crippen LogP contribution in [0.15, 0.2) is 24.4 Å². The number of rotatable bonds is 5. The van der Waals surface area contributed by atoms with Crippen molar-refractivity contribution < 1.29 is 14.6 Å². The monoisotopic (exact) mass is 434 g/mol. The summed E-state index contributed by atoms with van der Waals surface area (Å²) in [6.45, 7) is 4.92. The predicted octanol–water partition coefficient (Wildman–Crippen LogP) is 1.97. The van der Waals surface area contributed by atoms with Gasteiger partial charge in [0.15, 0.2) is 11.5 Å². The highest BCUT2D eigenvalue weighted by atomic mass is 35.5. The minimum atomic E-state index is -1.15. The van der Waals surface area contributed by atoms with Crippen LogP contribution < -0.4 is 10.2 Å². The molecular weight excluding hydrogens is 411 g/mol. The Labute approximate surface area is 178 Å². The summed E-state index contributed by atoms with van der Waals surface area (Å²) in [5, 5.41) is 31.6. The van der Waals surface area contributed by atoms with Crippen molar-refractivity contribution in [3.8, 4) is 11.4 Å². The molecule has 0 radical (unpaired) electrons. The molecule has 1 aliphatic rings. The van der Waals surface area contributed by atoms with Crippen LogP contribution in [-0.4, -0.2) is 68.3 Å². The summed E-state index contributed by atoms with van der Waals surface area (Å²) in [5.41, 5.74) is -0.158. The molecule has 0 bridgehead atoms. The third-order valence-corrected chi connectivity index (χ3v) is 6.20. The summed E-state index contributed by atoms with van der Waals surface area (Å²) >= 11 is 6.36. The zero-order valence-electron chi connectivity index (χ0n) is 16.7. The molecule has 4 heterocycles. The zero-order valence-corrected chi connectivity index (χ0v) is 17.5. The molecule has 0 aromatic carbocycles. The van der Waals surface area contributed by atoms with Gasteiger partial charge in [-0.15, -0.1) is 0 Å². The molecule has 0 aliphatic carbocycles. The number of pyridine rings is 2. The van der Waals surface area contributed by atoms with E-state index in [0.717, 1.165) is 0 Å². The largest absolute Gasteiger partial charge is 0.396 e. The molecule has 4 N–H and O–H groups in total. The van der Waals surface area contributed by atoms with Crippen LogP contribution >= 0.6 is 11.6 Å². The van der Waals surface area contributed by atoms with E-state index in [1.807, 2.05) is 4.90 Å². The molecular formula is C20H24ClFN6O2. The molecule has 4 rings (SSSR count). The molecule has 3 atom stereocenters. The summed E-state index contributed by atoms with van der Waals surface area (Å²) < 4.78 is 14.8. The molecule has 3 aromatic heterocycles. The number of nitrogens with zero attached hydrogens (tertiary/aromatic N) is 4. The van der Waals surface area contributed by atoms with Gasteiger partial charge in [-0.2, -0.15) is 5.10 Å². The minimum absolute atomic E-state index is 0.0826. The van der Waals surface area contributed by atoms with Gasteiger partial charge in [0, 0.05) is 43.7 Å². The fraction of sp³-hybridized carbons (Fsp3) is 0.450. The van der Waals surface area contributed by atoms with Crippen molar-refractivity contribution in [3.63, 3.8) is 0 Å². The highest BCUT2D eigenvalue weighted by Crippen LogP contribution is 2.34. The number of aliphatic hydroxyl groups is 2. The minimum Gasteiger partial charge on any atom is -0.396 e. The Morgan fingerprint density at radius 1 is 1.43 bits per heavy atom. The first kappa shape index (κ1) is 20.9. The topological polar surface area (TPSA) is 110 Å². The standard InChI is InChI=1S/C20H24ClFN6O2/c1-11(10-29)20(2,30)15-9-28(7-6-23-15)19-13(21)8-14(22)17(25-19)16-12-4-3-5-24-18(12)27-26-16/h3-5,8,11,15,23,29-30H,6-7,9-10H2,1-2H3,(H,24,26,27)/t11?,15-,20+/m0/s1. The van der Waals surface area contributed by atoms with Crippen molar-refractivity contribution in [3.05, 3.63) is 35.2 Å². The van der Waals surface area contributed by atoms with Gasteiger partial charge in [-0.25, -0.2) is 14.4 Å². The highest BCUT2D eigenvalue weighted by molar-refractivity contribution is 6.33. The summed E-state index contributed by atoms with van der Waals surface area (Å²) in [6, 6.07) is 4.46. The van der Waals surface area contributed by atoms with Gasteiger partial charge < -0.3 is 20.4 Å². The fourth-order valence-electron chi connectivity index (χ4n) is 3.74. The number of nitrogens with one attached hydrogen (secondary N) is 2. The normalized spacial score (nSPS) is 20.3. The average molecular weight is 435 g/mol. The van der Waals surface area contributed by atoms with Crippen LogP contribution in [0.4, 0.5) is 10.2 Å². The third kappa shape index (κ3) is 3.62. The average Bonchev–Trinajstić information content (AvgIpc) is 3.17. The van der Waals surface area contributed by atoms with Crippen molar-refractivity contribution in [2.24, 2.45) is 5.92 Å². The lowest BCUT2D eigenvalue weighted by molar-refractivity contribution is -0.0468. The van der Waals surface area contributed by atoms with E-state index in [4.69, 9.17) is 11.6 Å². The van der Waals surface area contributed by atoms with E-state index in [1.54, 1.807) is 32.2 Å². The molecule has 1 fully saturated rings. The first-order valence-corrected chi connectivity index (χ1v) is 10.2. The van der Waals surface area contributed by atoms with Gasteiger partial charge in [0.05, 0.1) is 16.7 Å². The van der Waals surface area contributed by atoms with E-state index >= 15 is 0 Å². The second-order valence-electron chi connectivity index (χ2n) is 7.86. The van der Waals surface area contributed by atoms with E-state index in [1.165, 1.54) is 6.07 Å². The highest BCUT2D eigenvalue weighted by Gasteiger charge is 2.40. The predicted molar refractivity (Wildman–Crippen MR) is 113 cm³/mol. The SMILES string of the molecule is CC(CO)[C@@](C)(O)[C@@H]1CN(c2nc(-c3n[nH]c4ncccc34)c(F)cc2Cl)CCN1. The molecule has 1 aliphatic heterocycles. The summed E-state index contributed by atoms with van der Waals surface area (Å²) in [5.74, 6) is -0.481. The number of aromatic nitrogens is 4. The first-order chi connectivity index (χ1) is 14.3. The van der Waals surface area contributed by atoms with Crippen LogP contribution in [0.3, 0.4) is 0 Å². The summed E-state index contributed by atoms with van der Waals surface area (Å²) in [7, 11) is 0. The summed E-state index contributed by atoms with van der Waals surface area (Å²) in [6.07, 6.45) is 1.63. The van der Waals surface area contributed by atoms with Crippen LogP contribution in [0.1, 0.15) is 13.8 Å². The van der Waals surface area contributed by atoms with E-state index in [-0.39, 0.29) is 29.3 Å². The van der Waals surface area contributed by atoms with Gasteiger partial charge in [0.1, 0.15) is 17.2 Å². The quantitative estimate of drug-likeness (QED) is 0.486. The lowest BCUT2D eigenvalue weighted by Gasteiger charge is -2.44. The Morgan fingerprint density at radius 3 is 3.00 bits per heavy atom. The maximum atomic E-state index is 14.8. The number of aromatic amines is 1. The molecule has 8 nitrogen and oxygen atoms in total. The summed E-state index contributed by atoms with van der Waals surface area (Å²) in [4.78, 5) is 10.6. The number of fused-ring (bicyclic) bond motifs is 1. The maximum Gasteiger partial charge on any atom is 0.155 e. The Balaban J connectivity index is 1.70. The Hall–Kier alpha value is -2.33. The second-order valence-corrected chi connectivity index (χ2v) is 8.27. The molecule has 3 aromatic rings. The van der Waals surface area contributed by atoms with Gasteiger partial charge >= 0.3 is 0 Å². The third-order valence-electron chi connectivity index (χ3n) is 5.92. The fourth-order valence-corrected chi connectivity index (χ4v) is 4.00. The smallest absolute Gasteiger partial charge is 0.155 e. The second kappa shape index (κ2) is 8.07. The van der Waals surface area contributed by atoms with Crippen LogP contribution in [-0.2, 0) is 0 Å². The Bertz CT molecular complexity index is 1060. The Kier molecular flexibility index (Phi) is 5.63. The van der Waals surface area contributed by atoms with Crippen LogP contribution in [0.2, 0.25) is 5.02 Å². The number of hydrogen-bond acceptors (Lipinski definition) is 7. The molecule has 0 amide bonds. The van der Waals surface area contributed by atoms with Crippen LogP contribution in [0.25, 0.3) is 22.4 Å². The molecule has 30 heavy (non-hydrogen) atoms. The van der Waals surface area contributed by atoms with Gasteiger partial charge in [-0.3, -0.25) is 5.10 Å². The lowest BCUT2D eigenvalue weighted by Crippen LogP contribution is -2.63. The Morgan fingerprint density at radius 2 is 2.23 bits per heavy atom. The zero-order chi connectivity index (χ0) is 21.5. The molecule has 0 saturated carbocycles. The van der Waals surface area contributed by atoms with Gasteiger partial charge in [0.2, 0.25) is 0 Å². The molecule has 160 valence electrons. The van der Waals surface area contributed by atoms with Crippen molar-refractivity contribution in [1.29, 1.82) is 0 Å². The maximum absolute atomic E-state index is 14.8. The van der Waals surface area contributed by atoms with Gasteiger partial charge in [-0.1, -0.05) is 18.5 Å². The van der Waals surface area contributed by atoms with Crippen LogP contribution in [0.5, 0.6) is 0 Å². The van der Waals surface area contributed by atoms with E-state index in [0.29, 0.717) is 42.2 Å². The molecule has 10 heteroatoms. The van der Waals surface area contributed by atoms with Gasteiger partial charge in [0.25, 0.3) is 0 Å². The van der Waals surface area contributed by atoms with E-state index in [2.05, 4.69) is 25.5 Å². The van der Waals surface area contributed by atoms with Crippen molar-refractivity contribution in [1.82, 2.24) is 25.5 Å². The number of aliphatic hydroxyl groups excluding tert-OH is 1. The number of piperazine rings is 1. The van der Waals surface area contributed by atoms with Crippen molar-refractivity contribution in [2.75, 3.05) is 31.1 Å².